The zero-order chi connectivity index (χ0) is 17.4. The highest BCUT2D eigenvalue weighted by Gasteiger charge is 2.14. The van der Waals surface area contributed by atoms with Gasteiger partial charge < -0.3 is 0 Å². The van der Waals surface area contributed by atoms with Crippen molar-refractivity contribution in [2.75, 3.05) is 6.61 Å². The van der Waals surface area contributed by atoms with E-state index in [0.717, 1.165) is 30.4 Å². The Morgan fingerprint density at radius 2 is 1.67 bits per heavy atom. The molecule has 2 rings (SSSR count). The zero-order valence-corrected chi connectivity index (χ0v) is 16.7. The van der Waals surface area contributed by atoms with Gasteiger partial charge in [0.1, 0.15) is 0 Å². The fourth-order valence-corrected chi connectivity index (χ4v) is 5.44. The molecule has 0 aromatic heterocycles. The summed E-state index contributed by atoms with van der Waals surface area (Å²) in [6.07, 6.45) is 2.91. The highest BCUT2D eigenvalue weighted by Crippen LogP contribution is 2.16. The summed E-state index contributed by atoms with van der Waals surface area (Å²) in [6.45, 7) is 4.48. The first-order chi connectivity index (χ1) is 11.5. The predicted octanol–water partition coefficient (Wildman–Crippen LogP) is 3.17. The van der Waals surface area contributed by atoms with Crippen LogP contribution in [-0.2, 0) is 14.3 Å². The van der Waals surface area contributed by atoms with Crippen molar-refractivity contribution in [3.05, 3.63) is 60.2 Å². The molecule has 0 radical (unpaired) electrons. The van der Waals surface area contributed by atoms with E-state index in [0.29, 0.717) is 0 Å². The van der Waals surface area contributed by atoms with E-state index in [4.69, 9.17) is 4.18 Å². The van der Waals surface area contributed by atoms with Crippen LogP contribution in [0.3, 0.4) is 0 Å². The van der Waals surface area contributed by atoms with E-state index in [-0.39, 0.29) is 21.0 Å². The van der Waals surface area contributed by atoms with Gasteiger partial charge in [-0.2, -0.15) is 8.42 Å². The molecule has 0 fully saturated rings. The van der Waals surface area contributed by atoms with Gasteiger partial charge in [-0.25, -0.2) is 0 Å². The molecule has 1 atom stereocenters. The molecular weight excluding hydrogens is 336 g/mol. The maximum atomic E-state index is 12.1. The van der Waals surface area contributed by atoms with E-state index in [9.17, 15) is 8.42 Å². The molecule has 0 amide bonds. The Balaban J connectivity index is 1.68. The second-order valence-corrected chi connectivity index (χ2v) is 10.6. The van der Waals surface area contributed by atoms with Crippen LogP contribution >= 0.6 is 0 Å². The van der Waals surface area contributed by atoms with Crippen LogP contribution < -0.4 is 5.19 Å². The maximum absolute atomic E-state index is 12.1. The number of benzene rings is 2. The van der Waals surface area contributed by atoms with Crippen LogP contribution in [0.5, 0.6) is 0 Å². The normalized spacial score (nSPS) is 13.4. The van der Waals surface area contributed by atoms with Gasteiger partial charge in [0.25, 0.3) is 10.1 Å². The average Bonchev–Trinajstić information content (AvgIpc) is 2.56. The van der Waals surface area contributed by atoms with Crippen molar-refractivity contribution < 1.29 is 12.6 Å². The Morgan fingerprint density at radius 3 is 2.33 bits per heavy atom. The van der Waals surface area contributed by atoms with Crippen LogP contribution in [0.4, 0.5) is 0 Å². The second-order valence-electron chi connectivity index (χ2n) is 6.38. The molecule has 0 saturated carbocycles. The van der Waals surface area contributed by atoms with Gasteiger partial charge in [-0.15, -0.1) is 0 Å². The van der Waals surface area contributed by atoms with E-state index in [2.05, 4.69) is 31.2 Å². The minimum absolute atomic E-state index is 0.234. The van der Waals surface area contributed by atoms with Crippen LogP contribution in [0, 0.1) is 6.92 Å². The van der Waals surface area contributed by atoms with Gasteiger partial charge in [-0.1, -0.05) is 73.0 Å². The minimum Gasteiger partial charge on any atom is -0.266 e. The van der Waals surface area contributed by atoms with Crippen molar-refractivity contribution >= 4 is 24.8 Å². The van der Waals surface area contributed by atoms with Gasteiger partial charge in [-0.3, -0.25) is 4.18 Å². The highest BCUT2D eigenvalue weighted by molar-refractivity contribution is 7.86. The third-order valence-electron chi connectivity index (χ3n) is 4.07. The van der Waals surface area contributed by atoms with Gasteiger partial charge in [-0.05, 0) is 31.0 Å². The Morgan fingerprint density at radius 1 is 1.00 bits per heavy atom. The average molecular weight is 363 g/mol. The van der Waals surface area contributed by atoms with E-state index in [1.165, 1.54) is 5.19 Å². The maximum Gasteiger partial charge on any atom is 0.296 e. The summed E-state index contributed by atoms with van der Waals surface area (Å²) in [5.74, 6) is 0. The minimum atomic E-state index is -3.62. The Labute approximate surface area is 148 Å². The number of rotatable bonds is 9. The molecule has 0 aliphatic rings. The SMILES string of the molecule is Cc1ccc(S(=O)(=O)OCCCC[C@H](C)[SiH2]c2ccccc2)cc1. The monoisotopic (exact) mass is 362 g/mol. The lowest BCUT2D eigenvalue weighted by atomic mass is 10.2. The van der Waals surface area contributed by atoms with Crippen molar-refractivity contribution in [1.82, 2.24) is 0 Å². The molecule has 0 saturated heterocycles. The molecule has 2 aromatic carbocycles. The molecule has 24 heavy (non-hydrogen) atoms. The number of aryl methyl sites for hydroxylation is 1. The molecule has 2 aromatic rings. The largest absolute Gasteiger partial charge is 0.296 e. The van der Waals surface area contributed by atoms with E-state index >= 15 is 0 Å². The van der Waals surface area contributed by atoms with E-state index in [1.54, 1.807) is 24.3 Å². The third kappa shape index (κ3) is 6.22. The van der Waals surface area contributed by atoms with Crippen molar-refractivity contribution in [2.24, 2.45) is 0 Å². The molecule has 3 nitrogen and oxygen atoms in total. The fraction of sp³-hybridized carbons (Fsp3) is 0.368. The molecule has 0 spiro atoms. The summed E-state index contributed by atoms with van der Waals surface area (Å²) in [5, 5.41) is 1.49. The van der Waals surface area contributed by atoms with Crippen LogP contribution in [0.1, 0.15) is 31.7 Å². The summed E-state index contributed by atoms with van der Waals surface area (Å²) in [6, 6.07) is 17.4. The van der Waals surface area contributed by atoms with Crippen molar-refractivity contribution in [1.29, 1.82) is 0 Å². The first-order valence-corrected chi connectivity index (χ1v) is 11.4. The van der Waals surface area contributed by atoms with Gasteiger partial charge in [0.15, 0.2) is 0 Å². The molecule has 0 N–H and O–H groups in total. The summed E-state index contributed by atoms with van der Waals surface area (Å²) >= 11 is 0. The smallest absolute Gasteiger partial charge is 0.266 e. The van der Waals surface area contributed by atoms with Crippen LogP contribution in [0.2, 0.25) is 5.54 Å². The molecule has 0 aliphatic carbocycles. The molecule has 5 heteroatoms. The number of hydrogen-bond acceptors (Lipinski definition) is 3. The van der Waals surface area contributed by atoms with Crippen molar-refractivity contribution in [2.45, 2.75) is 43.5 Å². The molecule has 0 aliphatic heterocycles. The fourth-order valence-electron chi connectivity index (χ4n) is 2.65. The lowest BCUT2D eigenvalue weighted by molar-refractivity contribution is 0.307. The van der Waals surface area contributed by atoms with E-state index < -0.39 is 10.1 Å². The molecule has 0 bridgehead atoms. The standard InChI is InChI=1S/C19H26O3SSi/c1-16-11-13-18(14-12-16)23(20,21)22-15-7-6-8-17(2)24-19-9-4-3-5-10-19/h3-5,9-14,17H,6-8,15,24H2,1-2H3/t17-/m0/s1. The Bertz CT molecular complexity index is 712. The first-order valence-electron chi connectivity index (χ1n) is 8.47. The first kappa shape index (κ1) is 18.9. The Hall–Kier alpha value is -1.43. The molecule has 0 heterocycles. The van der Waals surface area contributed by atoms with Crippen molar-refractivity contribution in [3.8, 4) is 0 Å². The van der Waals surface area contributed by atoms with Crippen LogP contribution in [-0.4, -0.2) is 24.5 Å². The summed E-state index contributed by atoms with van der Waals surface area (Å²) < 4.78 is 29.3. The number of hydrogen-bond donors (Lipinski definition) is 0. The van der Waals surface area contributed by atoms with Crippen LogP contribution in [0.25, 0.3) is 0 Å². The lowest BCUT2D eigenvalue weighted by Gasteiger charge is -2.11. The van der Waals surface area contributed by atoms with Gasteiger partial charge in [0.2, 0.25) is 0 Å². The van der Waals surface area contributed by atoms with Gasteiger partial charge in [0.05, 0.1) is 21.0 Å². The summed E-state index contributed by atoms with van der Waals surface area (Å²) in [7, 11) is -3.87. The quantitative estimate of drug-likeness (QED) is 0.391. The predicted molar refractivity (Wildman–Crippen MR) is 102 cm³/mol. The molecule has 130 valence electrons. The summed E-state index contributed by atoms with van der Waals surface area (Å²) in [4.78, 5) is 0.234. The Kier molecular flexibility index (Phi) is 7.21. The number of unbranched alkanes of at least 4 members (excludes halogenated alkanes) is 1. The topological polar surface area (TPSA) is 43.4 Å². The molecule has 0 unspecified atom stereocenters. The third-order valence-corrected chi connectivity index (χ3v) is 7.44. The van der Waals surface area contributed by atoms with Crippen molar-refractivity contribution in [3.63, 3.8) is 0 Å². The molecular formula is C19H26O3SSi. The van der Waals surface area contributed by atoms with Gasteiger partial charge in [0, 0.05) is 0 Å². The lowest BCUT2D eigenvalue weighted by Crippen LogP contribution is -2.17. The van der Waals surface area contributed by atoms with Crippen LogP contribution in [0.15, 0.2) is 59.5 Å². The zero-order valence-electron chi connectivity index (χ0n) is 14.4. The summed E-state index contributed by atoms with van der Waals surface area (Å²) in [5.41, 5.74) is 1.76. The van der Waals surface area contributed by atoms with Gasteiger partial charge >= 0.3 is 0 Å². The van der Waals surface area contributed by atoms with E-state index in [1.807, 2.05) is 13.0 Å². The second kappa shape index (κ2) is 9.16. The highest BCUT2D eigenvalue weighted by atomic mass is 32.2.